The van der Waals surface area contributed by atoms with Gasteiger partial charge in [-0.3, -0.25) is 0 Å². The summed E-state index contributed by atoms with van der Waals surface area (Å²) >= 11 is 0. The van der Waals surface area contributed by atoms with Crippen LogP contribution in [0, 0.1) is 18.3 Å². The number of rotatable bonds is 2. The monoisotopic (exact) mass is 174 g/mol. The predicted octanol–water partition coefficient (Wildman–Crippen LogP) is 2.04. The van der Waals surface area contributed by atoms with E-state index in [0.29, 0.717) is 11.7 Å². The van der Waals surface area contributed by atoms with Gasteiger partial charge in [0.1, 0.15) is 5.82 Å². The first-order chi connectivity index (χ1) is 6.16. The Morgan fingerprint density at radius 2 is 2.23 bits per heavy atom. The van der Waals surface area contributed by atoms with Crippen molar-refractivity contribution in [2.24, 2.45) is 5.92 Å². The second-order valence-electron chi connectivity index (χ2n) is 3.37. The number of nitrogens with zero attached hydrogens (tertiary/aromatic N) is 1. The van der Waals surface area contributed by atoms with Crippen molar-refractivity contribution in [3.05, 3.63) is 23.9 Å². The van der Waals surface area contributed by atoms with Crippen molar-refractivity contribution >= 4 is 5.82 Å². The van der Waals surface area contributed by atoms with Gasteiger partial charge >= 0.3 is 0 Å². The third-order valence-corrected chi connectivity index (χ3v) is 2.05. The SMILES string of the molecule is C#CC(c1cccnc1N)C(C)C. The summed E-state index contributed by atoms with van der Waals surface area (Å²) in [5.74, 6) is 3.73. The zero-order valence-corrected chi connectivity index (χ0v) is 7.99. The van der Waals surface area contributed by atoms with Crippen LogP contribution in [-0.2, 0) is 0 Å². The van der Waals surface area contributed by atoms with Gasteiger partial charge in [0.15, 0.2) is 0 Å². The molecule has 0 aliphatic carbocycles. The molecule has 1 aromatic rings. The zero-order valence-electron chi connectivity index (χ0n) is 7.99. The van der Waals surface area contributed by atoms with Crippen LogP contribution in [0.5, 0.6) is 0 Å². The third-order valence-electron chi connectivity index (χ3n) is 2.05. The topological polar surface area (TPSA) is 38.9 Å². The van der Waals surface area contributed by atoms with Gasteiger partial charge in [0.25, 0.3) is 0 Å². The molecular weight excluding hydrogens is 160 g/mol. The standard InChI is InChI=1S/C11H14N2/c1-4-9(8(2)3)10-6-5-7-13-11(10)12/h1,5-9H,2-3H3,(H2,12,13). The van der Waals surface area contributed by atoms with Crippen LogP contribution in [0.2, 0.25) is 0 Å². The van der Waals surface area contributed by atoms with Crippen LogP contribution < -0.4 is 5.73 Å². The van der Waals surface area contributed by atoms with Gasteiger partial charge in [0.2, 0.25) is 0 Å². The number of nitrogens with two attached hydrogens (primary N) is 1. The van der Waals surface area contributed by atoms with E-state index in [1.165, 1.54) is 0 Å². The fraction of sp³-hybridized carbons (Fsp3) is 0.364. The van der Waals surface area contributed by atoms with Gasteiger partial charge in [-0.1, -0.05) is 25.8 Å². The fourth-order valence-corrected chi connectivity index (χ4v) is 1.33. The van der Waals surface area contributed by atoms with Gasteiger partial charge < -0.3 is 5.73 Å². The van der Waals surface area contributed by atoms with Crippen LogP contribution in [0.1, 0.15) is 25.3 Å². The molecule has 2 N–H and O–H groups in total. The second kappa shape index (κ2) is 3.95. The fourth-order valence-electron chi connectivity index (χ4n) is 1.33. The van der Waals surface area contributed by atoms with Crippen LogP contribution in [0.15, 0.2) is 18.3 Å². The molecule has 2 nitrogen and oxygen atoms in total. The molecule has 1 atom stereocenters. The third kappa shape index (κ3) is 2.00. The molecule has 0 saturated carbocycles. The summed E-state index contributed by atoms with van der Waals surface area (Å²) in [7, 11) is 0. The summed E-state index contributed by atoms with van der Waals surface area (Å²) in [6.07, 6.45) is 7.11. The molecule has 0 spiro atoms. The van der Waals surface area contributed by atoms with E-state index in [2.05, 4.69) is 24.8 Å². The first-order valence-corrected chi connectivity index (χ1v) is 4.33. The van der Waals surface area contributed by atoms with Gasteiger partial charge in [-0.15, -0.1) is 6.42 Å². The predicted molar refractivity (Wildman–Crippen MR) is 55.1 cm³/mol. The Labute approximate surface area is 79.2 Å². The highest BCUT2D eigenvalue weighted by Crippen LogP contribution is 2.26. The van der Waals surface area contributed by atoms with E-state index in [-0.39, 0.29) is 5.92 Å². The van der Waals surface area contributed by atoms with Gasteiger partial charge in [-0.2, -0.15) is 0 Å². The first kappa shape index (κ1) is 9.60. The van der Waals surface area contributed by atoms with Crippen LogP contribution >= 0.6 is 0 Å². The average molecular weight is 174 g/mol. The minimum atomic E-state index is 0.0636. The molecule has 1 aromatic heterocycles. The maximum absolute atomic E-state index is 5.73. The molecule has 0 aromatic carbocycles. The molecule has 1 rings (SSSR count). The van der Waals surface area contributed by atoms with Gasteiger partial charge in [0.05, 0.1) is 5.92 Å². The van der Waals surface area contributed by atoms with Gasteiger partial charge in [-0.25, -0.2) is 4.98 Å². The molecule has 68 valence electrons. The molecule has 0 aliphatic rings. The highest BCUT2D eigenvalue weighted by atomic mass is 14.8. The Kier molecular flexibility index (Phi) is 2.92. The minimum Gasteiger partial charge on any atom is -0.383 e. The summed E-state index contributed by atoms with van der Waals surface area (Å²) in [4.78, 5) is 4.01. The molecule has 0 saturated heterocycles. The maximum Gasteiger partial charge on any atom is 0.127 e. The summed E-state index contributed by atoms with van der Waals surface area (Å²) in [6, 6.07) is 3.80. The Morgan fingerprint density at radius 3 is 2.69 bits per heavy atom. The first-order valence-electron chi connectivity index (χ1n) is 4.33. The van der Waals surface area contributed by atoms with Crippen molar-refractivity contribution in [3.8, 4) is 12.3 Å². The summed E-state index contributed by atoms with van der Waals surface area (Å²) in [5.41, 5.74) is 6.69. The van der Waals surface area contributed by atoms with E-state index in [4.69, 9.17) is 12.2 Å². The number of terminal acetylenes is 1. The van der Waals surface area contributed by atoms with Crippen LogP contribution in [-0.4, -0.2) is 4.98 Å². The summed E-state index contributed by atoms with van der Waals surface area (Å²) in [6.45, 7) is 4.16. The Balaban J connectivity index is 3.07. The number of anilines is 1. The van der Waals surface area contributed by atoms with Crippen LogP contribution in [0.3, 0.4) is 0 Å². The van der Waals surface area contributed by atoms with Crippen molar-refractivity contribution in [3.63, 3.8) is 0 Å². The van der Waals surface area contributed by atoms with E-state index in [1.54, 1.807) is 6.20 Å². The van der Waals surface area contributed by atoms with Crippen molar-refractivity contribution in [1.82, 2.24) is 4.98 Å². The lowest BCUT2D eigenvalue weighted by Gasteiger charge is -2.15. The summed E-state index contributed by atoms with van der Waals surface area (Å²) in [5, 5.41) is 0. The van der Waals surface area contributed by atoms with Crippen LogP contribution in [0.25, 0.3) is 0 Å². The van der Waals surface area contributed by atoms with Gasteiger partial charge in [-0.05, 0) is 12.0 Å². The molecule has 2 heteroatoms. The van der Waals surface area contributed by atoms with Crippen molar-refractivity contribution in [2.45, 2.75) is 19.8 Å². The number of hydrogen-bond acceptors (Lipinski definition) is 2. The van der Waals surface area contributed by atoms with E-state index in [0.717, 1.165) is 5.56 Å². The highest BCUT2D eigenvalue weighted by Gasteiger charge is 2.15. The quantitative estimate of drug-likeness (QED) is 0.697. The number of aromatic nitrogens is 1. The van der Waals surface area contributed by atoms with E-state index >= 15 is 0 Å². The zero-order chi connectivity index (χ0) is 9.84. The van der Waals surface area contributed by atoms with Crippen LogP contribution in [0.4, 0.5) is 5.82 Å². The second-order valence-corrected chi connectivity index (χ2v) is 3.37. The molecule has 0 fully saturated rings. The molecule has 0 aliphatic heterocycles. The Morgan fingerprint density at radius 1 is 1.54 bits per heavy atom. The minimum absolute atomic E-state index is 0.0636. The Bertz CT molecular complexity index is 323. The van der Waals surface area contributed by atoms with Gasteiger partial charge in [0, 0.05) is 11.8 Å². The number of pyridine rings is 1. The lowest BCUT2D eigenvalue weighted by molar-refractivity contribution is 0.592. The van der Waals surface area contributed by atoms with E-state index in [9.17, 15) is 0 Å². The largest absolute Gasteiger partial charge is 0.383 e. The molecule has 1 heterocycles. The lowest BCUT2D eigenvalue weighted by atomic mass is 9.90. The normalized spacial score (nSPS) is 12.5. The van der Waals surface area contributed by atoms with Crippen molar-refractivity contribution < 1.29 is 0 Å². The van der Waals surface area contributed by atoms with E-state index < -0.39 is 0 Å². The number of hydrogen-bond donors (Lipinski definition) is 1. The van der Waals surface area contributed by atoms with Crippen molar-refractivity contribution in [1.29, 1.82) is 0 Å². The van der Waals surface area contributed by atoms with E-state index in [1.807, 2.05) is 12.1 Å². The molecule has 0 radical (unpaired) electrons. The molecule has 13 heavy (non-hydrogen) atoms. The average Bonchev–Trinajstić information content (AvgIpc) is 2.09. The number of nitrogen functional groups attached to an aromatic ring is 1. The molecular formula is C11H14N2. The Hall–Kier alpha value is -1.49. The smallest absolute Gasteiger partial charge is 0.127 e. The highest BCUT2D eigenvalue weighted by molar-refractivity contribution is 5.44. The summed E-state index contributed by atoms with van der Waals surface area (Å²) < 4.78 is 0. The molecule has 0 bridgehead atoms. The van der Waals surface area contributed by atoms with Crippen molar-refractivity contribution in [2.75, 3.05) is 5.73 Å². The molecule has 1 unspecified atom stereocenters. The maximum atomic E-state index is 5.73. The lowest BCUT2D eigenvalue weighted by Crippen LogP contribution is -2.08. The molecule has 0 amide bonds.